The van der Waals surface area contributed by atoms with E-state index in [9.17, 15) is 4.79 Å². The Morgan fingerprint density at radius 2 is 1.25 bits per heavy atom. The standard InChI is InChI=1S/C18H32O2/c1-2-3-4-5-6-7-8-9-10-11-12-13-14-15-16-17-18(19)20/h8-9,12-13H,2-7,10-11,14-17H2,1H3,(H,19,20)/b9-8+,13-12-. The van der Waals surface area contributed by atoms with Gasteiger partial charge in [0.15, 0.2) is 0 Å². The molecule has 2 nitrogen and oxygen atoms in total. The highest BCUT2D eigenvalue weighted by atomic mass is 16.4. The SMILES string of the molecule is CCCCCCC/C=C/CC/C=C\CCCCC(=O)O. The lowest BCUT2D eigenvalue weighted by Crippen LogP contribution is -1.92. The van der Waals surface area contributed by atoms with Crippen molar-refractivity contribution >= 4 is 5.97 Å². The monoisotopic (exact) mass is 280 g/mol. The van der Waals surface area contributed by atoms with Gasteiger partial charge in [-0.1, -0.05) is 56.9 Å². The fourth-order valence-corrected chi connectivity index (χ4v) is 2.07. The number of carboxylic acids is 1. The number of hydrogen-bond acceptors (Lipinski definition) is 1. The van der Waals surface area contributed by atoms with Crippen molar-refractivity contribution in [2.45, 2.75) is 84.0 Å². The molecule has 0 saturated heterocycles. The van der Waals surface area contributed by atoms with Gasteiger partial charge in [-0.05, 0) is 44.9 Å². The van der Waals surface area contributed by atoms with Crippen LogP contribution in [0, 0.1) is 0 Å². The topological polar surface area (TPSA) is 37.3 Å². The van der Waals surface area contributed by atoms with Crippen molar-refractivity contribution in [3.8, 4) is 0 Å². The number of unbranched alkanes of at least 4 members (excludes halogenated alkanes) is 8. The predicted octanol–water partition coefficient (Wildman–Crippen LogP) is 5.88. The molecule has 0 aliphatic rings. The first-order chi connectivity index (χ1) is 9.77. The lowest BCUT2D eigenvalue weighted by molar-refractivity contribution is -0.137. The van der Waals surface area contributed by atoms with Crippen LogP contribution in [0.25, 0.3) is 0 Å². The van der Waals surface area contributed by atoms with Crippen molar-refractivity contribution in [2.24, 2.45) is 0 Å². The summed E-state index contributed by atoms with van der Waals surface area (Å²) in [7, 11) is 0. The van der Waals surface area contributed by atoms with Crippen molar-refractivity contribution in [2.75, 3.05) is 0 Å². The van der Waals surface area contributed by atoms with Crippen LogP contribution in [0.3, 0.4) is 0 Å². The summed E-state index contributed by atoms with van der Waals surface area (Å²) in [5, 5.41) is 8.49. The van der Waals surface area contributed by atoms with E-state index in [1.165, 1.54) is 38.5 Å². The van der Waals surface area contributed by atoms with Crippen molar-refractivity contribution in [1.29, 1.82) is 0 Å². The van der Waals surface area contributed by atoms with Gasteiger partial charge in [-0.2, -0.15) is 0 Å². The number of allylic oxidation sites excluding steroid dienone is 4. The number of rotatable bonds is 14. The second-order valence-electron chi connectivity index (χ2n) is 5.36. The molecule has 0 aromatic rings. The zero-order chi connectivity index (χ0) is 14.9. The molecule has 0 bridgehead atoms. The molecule has 0 saturated carbocycles. The van der Waals surface area contributed by atoms with Gasteiger partial charge in [0.1, 0.15) is 0 Å². The molecule has 0 radical (unpaired) electrons. The minimum absolute atomic E-state index is 0.300. The summed E-state index contributed by atoms with van der Waals surface area (Å²) in [6.07, 6.45) is 22.3. The summed E-state index contributed by atoms with van der Waals surface area (Å²) in [6.45, 7) is 2.25. The van der Waals surface area contributed by atoms with Gasteiger partial charge < -0.3 is 5.11 Å². The van der Waals surface area contributed by atoms with Crippen molar-refractivity contribution < 1.29 is 9.90 Å². The van der Waals surface area contributed by atoms with Gasteiger partial charge in [-0.3, -0.25) is 4.79 Å². The maximum Gasteiger partial charge on any atom is 0.303 e. The highest BCUT2D eigenvalue weighted by molar-refractivity contribution is 5.66. The summed E-state index contributed by atoms with van der Waals surface area (Å²) in [4.78, 5) is 10.3. The van der Waals surface area contributed by atoms with E-state index in [0.717, 1.165) is 32.1 Å². The van der Waals surface area contributed by atoms with Crippen LogP contribution in [0.15, 0.2) is 24.3 Å². The molecule has 0 heterocycles. The minimum Gasteiger partial charge on any atom is -0.481 e. The molecule has 0 aliphatic heterocycles. The number of carbonyl (C=O) groups is 1. The first kappa shape index (κ1) is 18.9. The van der Waals surface area contributed by atoms with Gasteiger partial charge in [-0.15, -0.1) is 0 Å². The second-order valence-corrected chi connectivity index (χ2v) is 5.36. The van der Waals surface area contributed by atoms with E-state index < -0.39 is 5.97 Å². The Bertz CT molecular complexity index is 267. The van der Waals surface area contributed by atoms with Crippen molar-refractivity contribution in [3.05, 3.63) is 24.3 Å². The smallest absolute Gasteiger partial charge is 0.303 e. The number of carboxylic acid groups (broad SMARTS) is 1. The average molecular weight is 280 g/mol. The van der Waals surface area contributed by atoms with Crippen LogP contribution in [-0.2, 0) is 4.79 Å². The Morgan fingerprint density at radius 1 is 0.750 bits per heavy atom. The lowest BCUT2D eigenvalue weighted by atomic mass is 10.1. The van der Waals surface area contributed by atoms with Gasteiger partial charge in [0.2, 0.25) is 0 Å². The summed E-state index contributed by atoms with van der Waals surface area (Å²) < 4.78 is 0. The Hall–Kier alpha value is -1.05. The Kier molecular flexibility index (Phi) is 15.2. The molecule has 0 spiro atoms. The lowest BCUT2D eigenvalue weighted by Gasteiger charge is -1.96. The van der Waals surface area contributed by atoms with Crippen LogP contribution in [0.1, 0.15) is 84.0 Å². The fraction of sp³-hybridized carbons (Fsp3) is 0.722. The molecule has 0 aromatic heterocycles. The Morgan fingerprint density at radius 3 is 1.80 bits per heavy atom. The average Bonchev–Trinajstić information content (AvgIpc) is 2.43. The van der Waals surface area contributed by atoms with E-state index in [4.69, 9.17) is 5.11 Å². The van der Waals surface area contributed by atoms with E-state index in [1.807, 2.05) is 0 Å². The molecule has 2 heteroatoms. The maximum atomic E-state index is 10.3. The summed E-state index contributed by atoms with van der Waals surface area (Å²) >= 11 is 0. The second kappa shape index (κ2) is 16.0. The summed E-state index contributed by atoms with van der Waals surface area (Å²) in [6, 6.07) is 0. The fourth-order valence-electron chi connectivity index (χ4n) is 2.07. The van der Waals surface area contributed by atoms with Crippen molar-refractivity contribution in [3.63, 3.8) is 0 Å². The van der Waals surface area contributed by atoms with Gasteiger partial charge in [-0.25, -0.2) is 0 Å². The highest BCUT2D eigenvalue weighted by Gasteiger charge is 1.94. The van der Waals surface area contributed by atoms with E-state index in [1.54, 1.807) is 0 Å². The molecule has 0 atom stereocenters. The zero-order valence-electron chi connectivity index (χ0n) is 13.2. The molecule has 20 heavy (non-hydrogen) atoms. The van der Waals surface area contributed by atoms with Gasteiger partial charge in [0.25, 0.3) is 0 Å². The molecular weight excluding hydrogens is 248 g/mol. The molecule has 0 aliphatic carbocycles. The molecule has 1 N–H and O–H groups in total. The first-order valence-corrected chi connectivity index (χ1v) is 8.29. The van der Waals surface area contributed by atoms with E-state index in [2.05, 4.69) is 31.2 Å². The normalized spacial score (nSPS) is 11.7. The van der Waals surface area contributed by atoms with Crippen LogP contribution in [0.4, 0.5) is 0 Å². The summed E-state index contributed by atoms with van der Waals surface area (Å²) in [5.74, 6) is -0.686. The van der Waals surface area contributed by atoms with E-state index in [-0.39, 0.29) is 0 Å². The molecule has 116 valence electrons. The molecule has 0 unspecified atom stereocenters. The van der Waals surface area contributed by atoms with Gasteiger partial charge >= 0.3 is 5.97 Å². The molecule has 0 amide bonds. The third-order valence-electron chi connectivity index (χ3n) is 3.32. The van der Waals surface area contributed by atoms with Gasteiger partial charge in [0, 0.05) is 6.42 Å². The van der Waals surface area contributed by atoms with Crippen LogP contribution in [0.2, 0.25) is 0 Å². The van der Waals surface area contributed by atoms with Crippen LogP contribution < -0.4 is 0 Å². The third-order valence-corrected chi connectivity index (χ3v) is 3.32. The molecular formula is C18H32O2. The first-order valence-electron chi connectivity index (χ1n) is 8.29. The van der Waals surface area contributed by atoms with Crippen LogP contribution in [-0.4, -0.2) is 11.1 Å². The van der Waals surface area contributed by atoms with Crippen LogP contribution in [0.5, 0.6) is 0 Å². The predicted molar refractivity (Wildman–Crippen MR) is 87.0 cm³/mol. The number of hydrogen-bond donors (Lipinski definition) is 1. The molecule has 0 aromatic carbocycles. The van der Waals surface area contributed by atoms with Crippen molar-refractivity contribution in [1.82, 2.24) is 0 Å². The Labute approximate surface area is 125 Å². The largest absolute Gasteiger partial charge is 0.481 e. The van der Waals surface area contributed by atoms with E-state index in [0.29, 0.717) is 6.42 Å². The highest BCUT2D eigenvalue weighted by Crippen LogP contribution is 2.06. The maximum absolute atomic E-state index is 10.3. The van der Waals surface area contributed by atoms with Gasteiger partial charge in [0.05, 0.1) is 0 Å². The quantitative estimate of drug-likeness (QED) is 0.318. The number of aliphatic carboxylic acids is 1. The van der Waals surface area contributed by atoms with Crippen LogP contribution >= 0.6 is 0 Å². The zero-order valence-corrected chi connectivity index (χ0v) is 13.2. The summed E-state index contributed by atoms with van der Waals surface area (Å²) in [5.41, 5.74) is 0. The molecule has 0 fully saturated rings. The van der Waals surface area contributed by atoms with E-state index >= 15 is 0 Å². The molecule has 0 rings (SSSR count). The Balaban J connectivity index is 3.19. The minimum atomic E-state index is -0.686. The third kappa shape index (κ3) is 16.9.